The van der Waals surface area contributed by atoms with Crippen molar-refractivity contribution < 1.29 is 22.7 Å². The van der Waals surface area contributed by atoms with Crippen LogP contribution in [-0.2, 0) is 14.8 Å². The number of amides is 1. The van der Waals surface area contributed by atoms with Crippen LogP contribution in [0.4, 0.5) is 4.79 Å². The van der Waals surface area contributed by atoms with E-state index in [1.165, 1.54) is 12.3 Å². The largest absolute Gasteiger partial charge is 0.475 e. The summed E-state index contributed by atoms with van der Waals surface area (Å²) in [5, 5.41) is 0. The fourth-order valence-electron chi connectivity index (χ4n) is 3.91. The third-order valence-electron chi connectivity index (χ3n) is 5.48. The maximum atomic E-state index is 13.2. The SMILES string of the molecule is CC(C)Oc1ccc(S(=O)(=O)N[C@H](c2ccccc2)C2CCN(C(=O)OC(C)(C)C)CC2)cn1. The highest BCUT2D eigenvalue weighted by Gasteiger charge is 2.34. The highest BCUT2D eigenvalue weighted by Crippen LogP contribution is 2.33. The zero-order chi connectivity index (χ0) is 24.9. The van der Waals surface area contributed by atoms with Gasteiger partial charge in [0.1, 0.15) is 10.5 Å². The number of hydrogen-bond acceptors (Lipinski definition) is 6. The van der Waals surface area contributed by atoms with Crippen molar-refractivity contribution in [3.63, 3.8) is 0 Å². The molecule has 34 heavy (non-hydrogen) atoms. The van der Waals surface area contributed by atoms with E-state index in [0.29, 0.717) is 31.8 Å². The van der Waals surface area contributed by atoms with Crippen LogP contribution in [0.25, 0.3) is 0 Å². The first-order valence-corrected chi connectivity index (χ1v) is 13.1. The summed E-state index contributed by atoms with van der Waals surface area (Å²) in [6.45, 7) is 10.3. The number of likely N-dealkylation sites (tertiary alicyclic amines) is 1. The van der Waals surface area contributed by atoms with Crippen molar-refractivity contribution >= 4 is 16.1 Å². The Morgan fingerprint density at radius 2 is 1.74 bits per heavy atom. The van der Waals surface area contributed by atoms with Crippen LogP contribution >= 0.6 is 0 Å². The Bertz CT molecular complexity index is 1040. The van der Waals surface area contributed by atoms with Crippen LogP contribution in [0.15, 0.2) is 53.6 Å². The van der Waals surface area contributed by atoms with Gasteiger partial charge in [-0.2, -0.15) is 0 Å². The number of nitrogens with zero attached hydrogens (tertiary/aromatic N) is 2. The third-order valence-corrected chi connectivity index (χ3v) is 6.91. The molecule has 1 amide bonds. The maximum absolute atomic E-state index is 13.2. The first kappa shape index (κ1) is 26.0. The summed E-state index contributed by atoms with van der Waals surface area (Å²) >= 11 is 0. The van der Waals surface area contributed by atoms with Crippen molar-refractivity contribution in [2.24, 2.45) is 5.92 Å². The lowest BCUT2D eigenvalue weighted by atomic mass is 9.86. The number of rotatable bonds is 7. The number of benzene rings is 1. The molecule has 1 aliphatic heterocycles. The molecule has 1 N–H and O–H groups in total. The van der Waals surface area contributed by atoms with E-state index in [1.807, 2.05) is 65.0 Å². The van der Waals surface area contributed by atoms with Gasteiger partial charge in [0.15, 0.2) is 0 Å². The quantitative estimate of drug-likeness (QED) is 0.613. The fraction of sp³-hybridized carbons (Fsp3) is 0.520. The van der Waals surface area contributed by atoms with Crippen LogP contribution in [0, 0.1) is 5.92 Å². The summed E-state index contributed by atoms with van der Waals surface area (Å²) in [5.41, 5.74) is 0.328. The lowest BCUT2D eigenvalue weighted by Crippen LogP contribution is -2.44. The molecular weight excluding hydrogens is 454 g/mol. The van der Waals surface area contributed by atoms with Crippen molar-refractivity contribution in [2.45, 2.75) is 70.1 Å². The zero-order valence-electron chi connectivity index (χ0n) is 20.5. The minimum atomic E-state index is -3.83. The summed E-state index contributed by atoms with van der Waals surface area (Å²) in [7, 11) is -3.83. The molecule has 1 fully saturated rings. The Kier molecular flexibility index (Phi) is 8.20. The normalized spacial score (nSPS) is 16.4. The van der Waals surface area contributed by atoms with Crippen molar-refractivity contribution in [3.8, 4) is 5.88 Å². The van der Waals surface area contributed by atoms with Gasteiger partial charge in [-0.1, -0.05) is 30.3 Å². The van der Waals surface area contributed by atoms with Gasteiger partial charge in [-0.15, -0.1) is 0 Å². The Hall–Kier alpha value is -2.65. The molecular formula is C25H35N3O5S. The van der Waals surface area contributed by atoms with Gasteiger partial charge in [-0.05, 0) is 65.0 Å². The topological polar surface area (TPSA) is 97.8 Å². The second-order valence-electron chi connectivity index (χ2n) is 9.81. The average molecular weight is 490 g/mol. The van der Waals surface area contributed by atoms with E-state index < -0.39 is 21.7 Å². The Morgan fingerprint density at radius 1 is 1.09 bits per heavy atom. The van der Waals surface area contributed by atoms with Crippen molar-refractivity contribution in [1.29, 1.82) is 0 Å². The van der Waals surface area contributed by atoms with Crippen molar-refractivity contribution in [1.82, 2.24) is 14.6 Å². The number of aromatic nitrogens is 1. The van der Waals surface area contributed by atoms with E-state index in [-0.39, 0.29) is 23.0 Å². The number of sulfonamides is 1. The van der Waals surface area contributed by atoms with Gasteiger partial charge in [-0.25, -0.2) is 22.9 Å². The molecule has 0 saturated carbocycles. The van der Waals surface area contributed by atoms with Crippen LogP contribution in [0.5, 0.6) is 5.88 Å². The standard InChI is InChI=1S/C25H35N3O5S/c1-18(2)32-22-12-11-21(17-26-22)34(30,31)27-23(19-9-7-6-8-10-19)20-13-15-28(16-14-20)24(29)33-25(3,4)5/h6-12,17-18,20,23,27H,13-16H2,1-5H3/t23-/m1/s1. The van der Waals surface area contributed by atoms with Crippen molar-refractivity contribution in [3.05, 3.63) is 54.2 Å². The molecule has 2 aromatic rings. The molecule has 1 aromatic carbocycles. The van der Waals surface area contributed by atoms with E-state index in [0.717, 1.165) is 5.56 Å². The second-order valence-corrected chi connectivity index (χ2v) is 11.5. The molecule has 1 atom stereocenters. The highest BCUT2D eigenvalue weighted by molar-refractivity contribution is 7.89. The molecule has 9 heteroatoms. The van der Waals surface area contributed by atoms with Crippen LogP contribution in [0.2, 0.25) is 0 Å². The first-order chi connectivity index (χ1) is 15.9. The average Bonchev–Trinajstić information content (AvgIpc) is 2.77. The Morgan fingerprint density at radius 3 is 2.26 bits per heavy atom. The minimum Gasteiger partial charge on any atom is -0.475 e. The Labute approximate surface area is 202 Å². The van der Waals surface area contributed by atoms with Crippen LogP contribution < -0.4 is 9.46 Å². The van der Waals surface area contributed by atoms with Gasteiger partial charge in [0.2, 0.25) is 15.9 Å². The highest BCUT2D eigenvalue weighted by atomic mass is 32.2. The molecule has 0 unspecified atom stereocenters. The Balaban J connectivity index is 1.76. The lowest BCUT2D eigenvalue weighted by molar-refractivity contribution is 0.0172. The number of carbonyl (C=O) groups excluding carboxylic acids is 1. The summed E-state index contributed by atoms with van der Waals surface area (Å²) in [6.07, 6.45) is 2.23. The van der Waals surface area contributed by atoms with Crippen LogP contribution in [0.3, 0.4) is 0 Å². The molecule has 2 heterocycles. The summed E-state index contributed by atoms with van der Waals surface area (Å²) in [6, 6.07) is 12.2. The molecule has 8 nitrogen and oxygen atoms in total. The molecule has 3 rings (SSSR count). The van der Waals surface area contributed by atoms with Gasteiger partial charge in [0.25, 0.3) is 0 Å². The number of carbonyl (C=O) groups is 1. The predicted octanol–water partition coefficient (Wildman–Crippen LogP) is 4.54. The molecule has 1 saturated heterocycles. The van der Waals surface area contributed by atoms with E-state index in [1.54, 1.807) is 11.0 Å². The van der Waals surface area contributed by atoms with Gasteiger partial charge in [0, 0.05) is 25.2 Å². The number of hydrogen-bond donors (Lipinski definition) is 1. The number of nitrogens with one attached hydrogen (secondary N) is 1. The summed E-state index contributed by atoms with van der Waals surface area (Å²) < 4.78 is 40.4. The third kappa shape index (κ3) is 7.17. The van der Waals surface area contributed by atoms with Crippen molar-refractivity contribution in [2.75, 3.05) is 13.1 Å². The lowest BCUT2D eigenvalue weighted by Gasteiger charge is -2.37. The van der Waals surface area contributed by atoms with Gasteiger partial charge in [-0.3, -0.25) is 0 Å². The van der Waals surface area contributed by atoms with Gasteiger partial charge < -0.3 is 14.4 Å². The van der Waals surface area contributed by atoms with Crippen LogP contribution in [0.1, 0.15) is 59.1 Å². The number of piperidine rings is 1. The maximum Gasteiger partial charge on any atom is 0.410 e. The van der Waals surface area contributed by atoms with Gasteiger partial charge in [0.05, 0.1) is 12.3 Å². The second kappa shape index (κ2) is 10.7. The van der Waals surface area contributed by atoms with E-state index in [2.05, 4.69) is 9.71 Å². The molecule has 0 bridgehead atoms. The predicted molar refractivity (Wildman–Crippen MR) is 130 cm³/mol. The smallest absolute Gasteiger partial charge is 0.410 e. The molecule has 186 valence electrons. The summed E-state index contributed by atoms with van der Waals surface area (Å²) in [4.78, 5) is 18.3. The molecule has 1 aliphatic rings. The van der Waals surface area contributed by atoms with E-state index >= 15 is 0 Å². The zero-order valence-corrected chi connectivity index (χ0v) is 21.3. The molecule has 0 aliphatic carbocycles. The summed E-state index contributed by atoms with van der Waals surface area (Å²) in [5.74, 6) is 0.399. The van der Waals surface area contributed by atoms with E-state index in [4.69, 9.17) is 9.47 Å². The van der Waals surface area contributed by atoms with Gasteiger partial charge >= 0.3 is 6.09 Å². The number of ether oxygens (including phenoxy) is 2. The number of pyridine rings is 1. The molecule has 1 aromatic heterocycles. The minimum absolute atomic E-state index is 0.0207. The van der Waals surface area contributed by atoms with E-state index in [9.17, 15) is 13.2 Å². The first-order valence-electron chi connectivity index (χ1n) is 11.6. The molecule has 0 radical (unpaired) electrons. The van der Waals surface area contributed by atoms with Crippen LogP contribution in [-0.4, -0.2) is 49.2 Å². The fourth-order valence-corrected chi connectivity index (χ4v) is 5.15. The molecule has 0 spiro atoms. The monoisotopic (exact) mass is 489 g/mol.